The van der Waals surface area contributed by atoms with Crippen LogP contribution in [0.15, 0.2) is 0 Å². The smallest absolute Gasteiger partial charge is 0.292 e. The molecular weight excluding hydrogens is 195 g/mol. The summed E-state index contributed by atoms with van der Waals surface area (Å²) < 4.78 is 59.4. The van der Waals surface area contributed by atoms with E-state index < -0.39 is 23.8 Å². The minimum Gasteiger partial charge on any atom is -0.292 e. The molecule has 0 N–H and O–H groups in total. The van der Waals surface area contributed by atoms with E-state index in [-0.39, 0.29) is 6.42 Å². The number of hydrogen-bond acceptors (Lipinski definition) is 1. The average Bonchev–Trinajstić information content (AvgIpc) is 1.99. The lowest BCUT2D eigenvalue weighted by Gasteiger charge is -2.20. The van der Waals surface area contributed by atoms with Gasteiger partial charge in [0.05, 0.1) is 0 Å². The van der Waals surface area contributed by atoms with Gasteiger partial charge in [-0.05, 0) is 6.42 Å². The van der Waals surface area contributed by atoms with Crippen LogP contribution in [0.25, 0.3) is 0 Å². The van der Waals surface area contributed by atoms with Crippen molar-refractivity contribution in [3.63, 3.8) is 0 Å². The number of rotatable bonds is 3. The number of carbonyl (C=O) groups is 1. The van der Waals surface area contributed by atoms with E-state index >= 15 is 0 Å². The number of carbonyl (C=O) groups excluding carboxylic acids is 1. The zero-order chi connectivity index (χ0) is 10.9. The van der Waals surface area contributed by atoms with Crippen molar-refractivity contribution in [2.45, 2.75) is 32.4 Å². The molecule has 1 atom stereocenters. The number of ketones is 1. The van der Waals surface area contributed by atoms with Gasteiger partial charge in [-0.3, -0.25) is 4.79 Å². The molecule has 0 aliphatic rings. The third kappa shape index (κ3) is 2.38. The molecule has 1 nitrogen and oxygen atoms in total. The lowest BCUT2D eigenvalue weighted by atomic mass is 9.98. The molecule has 0 spiro atoms. The van der Waals surface area contributed by atoms with Crippen LogP contribution in [0.4, 0.5) is 22.0 Å². The Kier molecular flexibility index (Phi) is 3.40. The second-order valence-corrected chi connectivity index (χ2v) is 2.75. The predicted octanol–water partition coefficient (Wildman–Crippen LogP) is 2.80. The van der Waals surface area contributed by atoms with E-state index in [9.17, 15) is 26.7 Å². The molecule has 0 rings (SSSR count). The van der Waals surface area contributed by atoms with Crippen molar-refractivity contribution in [2.75, 3.05) is 0 Å². The highest BCUT2D eigenvalue weighted by molar-refractivity contribution is 5.88. The van der Waals surface area contributed by atoms with Gasteiger partial charge in [0.15, 0.2) is 0 Å². The second kappa shape index (κ2) is 3.59. The maximum absolute atomic E-state index is 12.3. The summed E-state index contributed by atoms with van der Waals surface area (Å²) in [4.78, 5) is 10.6. The van der Waals surface area contributed by atoms with Gasteiger partial charge in [-0.25, -0.2) is 0 Å². The summed E-state index contributed by atoms with van der Waals surface area (Å²) >= 11 is 0. The Morgan fingerprint density at radius 2 is 1.62 bits per heavy atom. The summed E-state index contributed by atoms with van der Waals surface area (Å²) in [5, 5.41) is 0. The largest absolute Gasteiger partial charge is 0.461 e. The summed E-state index contributed by atoms with van der Waals surface area (Å²) in [6.07, 6.45) is -5.82. The Balaban J connectivity index is 4.75. The van der Waals surface area contributed by atoms with Gasteiger partial charge >= 0.3 is 12.1 Å². The van der Waals surface area contributed by atoms with Gasteiger partial charge in [-0.15, -0.1) is 0 Å². The molecule has 0 aromatic heterocycles. The molecule has 0 aromatic carbocycles. The van der Waals surface area contributed by atoms with Crippen molar-refractivity contribution < 1.29 is 26.7 Å². The van der Waals surface area contributed by atoms with E-state index in [1.54, 1.807) is 0 Å². The molecule has 1 unspecified atom stereocenters. The SMILES string of the molecule is CCC(C)C(=O)C(F)(F)C(F)(F)F. The quantitative estimate of drug-likeness (QED) is 0.646. The van der Waals surface area contributed by atoms with Gasteiger partial charge in [0.25, 0.3) is 0 Å². The molecule has 0 saturated heterocycles. The summed E-state index contributed by atoms with van der Waals surface area (Å²) in [6, 6.07) is 0. The zero-order valence-corrected chi connectivity index (χ0v) is 7.08. The van der Waals surface area contributed by atoms with E-state index in [0.29, 0.717) is 0 Å². The Morgan fingerprint density at radius 1 is 1.23 bits per heavy atom. The molecule has 0 bridgehead atoms. The minimum absolute atomic E-state index is 0.0372. The highest BCUT2D eigenvalue weighted by Gasteiger charge is 2.63. The molecule has 0 aliphatic carbocycles. The minimum atomic E-state index is -5.78. The van der Waals surface area contributed by atoms with Crippen molar-refractivity contribution >= 4 is 5.78 Å². The highest BCUT2D eigenvalue weighted by atomic mass is 19.4. The molecule has 0 fully saturated rings. The first-order valence-corrected chi connectivity index (χ1v) is 3.63. The second-order valence-electron chi connectivity index (χ2n) is 2.75. The fourth-order valence-corrected chi connectivity index (χ4v) is 0.635. The number of hydrogen-bond donors (Lipinski definition) is 0. The normalized spacial score (nSPS) is 15.6. The van der Waals surface area contributed by atoms with Gasteiger partial charge in [0.2, 0.25) is 5.78 Å². The lowest BCUT2D eigenvalue weighted by molar-refractivity contribution is -0.270. The molecule has 0 saturated carbocycles. The predicted molar refractivity (Wildman–Crippen MR) is 35.5 cm³/mol. The molecule has 0 aliphatic heterocycles. The van der Waals surface area contributed by atoms with Crippen molar-refractivity contribution in [3.8, 4) is 0 Å². The van der Waals surface area contributed by atoms with Crippen LogP contribution < -0.4 is 0 Å². The molecular formula is C7H9F5O. The Morgan fingerprint density at radius 3 is 1.85 bits per heavy atom. The maximum atomic E-state index is 12.3. The zero-order valence-electron chi connectivity index (χ0n) is 7.08. The van der Waals surface area contributed by atoms with E-state index in [2.05, 4.69) is 0 Å². The molecule has 78 valence electrons. The summed E-state index contributed by atoms with van der Waals surface area (Å²) in [7, 11) is 0. The fourth-order valence-electron chi connectivity index (χ4n) is 0.635. The van der Waals surface area contributed by atoms with E-state index in [1.807, 2.05) is 0 Å². The Bertz CT molecular complexity index is 196. The first-order valence-electron chi connectivity index (χ1n) is 3.63. The van der Waals surface area contributed by atoms with Crippen LogP contribution >= 0.6 is 0 Å². The van der Waals surface area contributed by atoms with Gasteiger partial charge in [0.1, 0.15) is 0 Å². The van der Waals surface area contributed by atoms with Crippen LogP contribution in [0.5, 0.6) is 0 Å². The van der Waals surface area contributed by atoms with Gasteiger partial charge < -0.3 is 0 Å². The first-order chi connectivity index (χ1) is 5.64. The Labute approximate surface area is 71.9 Å². The third-order valence-corrected chi connectivity index (χ3v) is 1.73. The molecule has 0 aromatic rings. The van der Waals surface area contributed by atoms with E-state index in [0.717, 1.165) is 6.92 Å². The average molecular weight is 204 g/mol. The van der Waals surface area contributed by atoms with Crippen molar-refractivity contribution in [3.05, 3.63) is 0 Å². The van der Waals surface area contributed by atoms with Crippen molar-refractivity contribution in [1.29, 1.82) is 0 Å². The van der Waals surface area contributed by atoms with Crippen LogP contribution in [0.1, 0.15) is 20.3 Å². The summed E-state index contributed by atoms with van der Waals surface area (Å²) in [5.74, 6) is -8.57. The number of Topliss-reactive ketones (excluding diaryl/α,β-unsaturated/α-hetero) is 1. The van der Waals surface area contributed by atoms with Crippen LogP contribution in [-0.2, 0) is 4.79 Å². The van der Waals surface area contributed by atoms with Crippen LogP contribution in [0.3, 0.4) is 0 Å². The Hall–Kier alpha value is -0.680. The molecule has 0 heterocycles. The summed E-state index contributed by atoms with van der Waals surface area (Å²) in [6.45, 7) is 2.41. The fraction of sp³-hybridized carbons (Fsp3) is 0.857. The van der Waals surface area contributed by atoms with Gasteiger partial charge in [-0.1, -0.05) is 13.8 Å². The van der Waals surface area contributed by atoms with Gasteiger partial charge in [-0.2, -0.15) is 22.0 Å². The highest BCUT2D eigenvalue weighted by Crippen LogP contribution is 2.38. The molecule has 13 heavy (non-hydrogen) atoms. The topological polar surface area (TPSA) is 17.1 Å². The molecule has 6 heteroatoms. The third-order valence-electron chi connectivity index (χ3n) is 1.73. The number of alkyl halides is 5. The van der Waals surface area contributed by atoms with E-state index in [4.69, 9.17) is 0 Å². The maximum Gasteiger partial charge on any atom is 0.461 e. The van der Waals surface area contributed by atoms with Crippen LogP contribution in [0.2, 0.25) is 0 Å². The molecule has 0 amide bonds. The van der Waals surface area contributed by atoms with Crippen LogP contribution in [-0.4, -0.2) is 17.9 Å². The lowest BCUT2D eigenvalue weighted by Crippen LogP contribution is -2.46. The monoisotopic (exact) mass is 204 g/mol. The van der Waals surface area contributed by atoms with E-state index in [1.165, 1.54) is 6.92 Å². The standard InChI is InChI=1S/C7H9F5O/c1-3-4(2)5(13)6(8,9)7(10,11)12/h4H,3H2,1-2H3. The van der Waals surface area contributed by atoms with Crippen LogP contribution in [0, 0.1) is 5.92 Å². The molecule has 0 radical (unpaired) electrons. The van der Waals surface area contributed by atoms with Gasteiger partial charge in [0, 0.05) is 5.92 Å². The summed E-state index contributed by atoms with van der Waals surface area (Å²) in [5.41, 5.74) is 0. The number of halogens is 5. The van der Waals surface area contributed by atoms with Crippen molar-refractivity contribution in [1.82, 2.24) is 0 Å². The van der Waals surface area contributed by atoms with Crippen molar-refractivity contribution in [2.24, 2.45) is 5.92 Å². The first kappa shape index (κ1) is 12.3.